The van der Waals surface area contributed by atoms with Crippen LogP contribution in [0.2, 0.25) is 0 Å². The molecule has 0 saturated carbocycles. The zero-order valence-corrected chi connectivity index (χ0v) is 14.7. The Kier molecular flexibility index (Phi) is 10.7. The molecule has 0 spiro atoms. The number of aryl methyl sites for hydroxylation is 1. The number of carbonyl (C=O) groups excluding carboxylic acids is 1. The van der Waals surface area contributed by atoms with E-state index in [4.69, 9.17) is 4.74 Å². The second-order valence-corrected chi connectivity index (χ2v) is 5.97. The van der Waals surface area contributed by atoms with Crippen molar-refractivity contribution in [3.8, 4) is 11.8 Å². The van der Waals surface area contributed by atoms with Crippen molar-refractivity contribution in [2.45, 2.75) is 71.6 Å². The number of carbonyl (C=O) groups is 1. The first-order chi connectivity index (χ1) is 11.3. The van der Waals surface area contributed by atoms with E-state index >= 15 is 0 Å². The van der Waals surface area contributed by atoms with Crippen LogP contribution in [0.4, 0.5) is 0 Å². The van der Waals surface area contributed by atoms with Gasteiger partial charge in [-0.1, -0.05) is 81.9 Å². The summed E-state index contributed by atoms with van der Waals surface area (Å²) in [5.74, 6) is 5.73. The molecule has 0 aliphatic rings. The van der Waals surface area contributed by atoms with Crippen molar-refractivity contribution in [1.82, 2.24) is 0 Å². The lowest BCUT2D eigenvalue weighted by molar-refractivity contribution is 0.0556. The number of rotatable bonds is 10. The standard InChI is InChI=1S/C21H30O2/c1-3-4-5-6-7-8-9-10-11-12-15-18-23-21(22)20-17-14-13-16-19(20)2/h13-14,16-17H,3-11,18H2,1-2H3. The summed E-state index contributed by atoms with van der Waals surface area (Å²) in [6.07, 6.45) is 11.4. The lowest BCUT2D eigenvalue weighted by Gasteiger charge is -2.03. The number of benzene rings is 1. The predicted molar refractivity (Wildman–Crippen MR) is 96.5 cm³/mol. The number of hydrogen-bond acceptors (Lipinski definition) is 2. The number of hydrogen-bond donors (Lipinski definition) is 0. The van der Waals surface area contributed by atoms with E-state index in [0.29, 0.717) is 5.56 Å². The zero-order valence-electron chi connectivity index (χ0n) is 14.7. The van der Waals surface area contributed by atoms with Crippen molar-refractivity contribution < 1.29 is 9.53 Å². The zero-order chi connectivity index (χ0) is 16.8. The highest BCUT2D eigenvalue weighted by molar-refractivity contribution is 5.91. The molecule has 126 valence electrons. The molecule has 1 aromatic carbocycles. The minimum absolute atomic E-state index is 0.185. The molecule has 0 aliphatic heterocycles. The molecule has 23 heavy (non-hydrogen) atoms. The Labute approximate surface area is 141 Å². The number of ether oxygens (including phenoxy) is 1. The van der Waals surface area contributed by atoms with E-state index < -0.39 is 0 Å². The van der Waals surface area contributed by atoms with E-state index in [0.717, 1.165) is 18.4 Å². The van der Waals surface area contributed by atoms with Crippen LogP contribution in [-0.4, -0.2) is 12.6 Å². The van der Waals surface area contributed by atoms with Crippen LogP contribution < -0.4 is 0 Å². The van der Waals surface area contributed by atoms with Gasteiger partial charge in [0.1, 0.15) is 0 Å². The number of esters is 1. The maximum Gasteiger partial charge on any atom is 0.339 e. The molecule has 2 heteroatoms. The van der Waals surface area contributed by atoms with Crippen molar-refractivity contribution in [3.05, 3.63) is 35.4 Å². The van der Waals surface area contributed by atoms with Gasteiger partial charge in [0, 0.05) is 6.42 Å². The molecular weight excluding hydrogens is 284 g/mol. The molecule has 0 saturated heterocycles. The van der Waals surface area contributed by atoms with Crippen LogP contribution in [0.5, 0.6) is 0 Å². The van der Waals surface area contributed by atoms with Crippen LogP contribution in [0.25, 0.3) is 0 Å². The summed E-state index contributed by atoms with van der Waals surface area (Å²) < 4.78 is 5.18. The number of unbranched alkanes of at least 4 members (excludes halogenated alkanes) is 8. The Balaban J connectivity index is 2.03. The average molecular weight is 314 g/mol. The summed E-state index contributed by atoms with van der Waals surface area (Å²) in [5, 5.41) is 0. The fraction of sp³-hybridized carbons (Fsp3) is 0.571. The average Bonchev–Trinajstić information content (AvgIpc) is 2.56. The van der Waals surface area contributed by atoms with E-state index in [1.807, 2.05) is 25.1 Å². The van der Waals surface area contributed by atoms with E-state index in [-0.39, 0.29) is 12.6 Å². The maximum absolute atomic E-state index is 11.9. The second-order valence-electron chi connectivity index (χ2n) is 5.97. The quantitative estimate of drug-likeness (QED) is 0.315. The Morgan fingerprint density at radius 1 is 0.957 bits per heavy atom. The molecule has 0 amide bonds. The molecular formula is C21H30O2. The van der Waals surface area contributed by atoms with Crippen LogP contribution in [0.3, 0.4) is 0 Å². The van der Waals surface area contributed by atoms with Crippen LogP contribution in [0.1, 0.15) is 80.6 Å². The van der Waals surface area contributed by atoms with Crippen molar-refractivity contribution in [2.75, 3.05) is 6.61 Å². The Morgan fingerprint density at radius 2 is 1.61 bits per heavy atom. The summed E-state index contributed by atoms with van der Waals surface area (Å²) in [4.78, 5) is 11.9. The van der Waals surface area contributed by atoms with Crippen molar-refractivity contribution in [2.24, 2.45) is 0 Å². The Hall–Kier alpha value is -1.75. The molecule has 0 unspecified atom stereocenters. The molecule has 0 aromatic heterocycles. The summed E-state index contributed by atoms with van der Waals surface area (Å²) in [7, 11) is 0. The van der Waals surface area contributed by atoms with Gasteiger partial charge in [-0.3, -0.25) is 0 Å². The van der Waals surface area contributed by atoms with Crippen LogP contribution >= 0.6 is 0 Å². The van der Waals surface area contributed by atoms with Gasteiger partial charge in [0.15, 0.2) is 6.61 Å². The van der Waals surface area contributed by atoms with Crippen molar-refractivity contribution in [3.63, 3.8) is 0 Å². The molecule has 0 N–H and O–H groups in total. The predicted octanol–water partition coefficient (Wildman–Crippen LogP) is 5.69. The smallest absolute Gasteiger partial charge is 0.339 e. The van der Waals surface area contributed by atoms with Crippen LogP contribution in [0.15, 0.2) is 24.3 Å². The topological polar surface area (TPSA) is 26.3 Å². The highest BCUT2D eigenvalue weighted by Crippen LogP contribution is 2.09. The fourth-order valence-corrected chi connectivity index (χ4v) is 2.47. The first-order valence-corrected chi connectivity index (χ1v) is 8.94. The fourth-order valence-electron chi connectivity index (χ4n) is 2.47. The monoisotopic (exact) mass is 314 g/mol. The third-order valence-corrected chi connectivity index (χ3v) is 3.92. The van der Waals surface area contributed by atoms with E-state index in [9.17, 15) is 4.79 Å². The summed E-state index contributed by atoms with van der Waals surface area (Å²) in [6, 6.07) is 7.45. The van der Waals surface area contributed by atoms with Gasteiger partial charge in [-0.2, -0.15) is 0 Å². The van der Waals surface area contributed by atoms with Crippen LogP contribution in [0, 0.1) is 18.8 Å². The highest BCUT2D eigenvalue weighted by Gasteiger charge is 2.08. The molecule has 0 bridgehead atoms. The molecule has 0 heterocycles. The van der Waals surface area contributed by atoms with Gasteiger partial charge in [0.25, 0.3) is 0 Å². The summed E-state index contributed by atoms with van der Waals surface area (Å²) >= 11 is 0. The molecule has 1 rings (SSSR count). The highest BCUT2D eigenvalue weighted by atomic mass is 16.5. The molecule has 0 atom stereocenters. The molecule has 2 nitrogen and oxygen atoms in total. The SMILES string of the molecule is CCCCCCCCCCC#CCOC(=O)c1ccccc1C. The molecule has 0 radical (unpaired) electrons. The summed E-state index contributed by atoms with van der Waals surface area (Å²) in [6.45, 7) is 4.34. The third kappa shape index (κ3) is 9.08. The third-order valence-electron chi connectivity index (χ3n) is 3.92. The Bertz CT molecular complexity index is 508. The van der Waals surface area contributed by atoms with Gasteiger partial charge in [0.2, 0.25) is 0 Å². The summed E-state index contributed by atoms with van der Waals surface area (Å²) in [5.41, 5.74) is 1.56. The lowest BCUT2D eigenvalue weighted by atomic mass is 10.1. The van der Waals surface area contributed by atoms with E-state index in [2.05, 4.69) is 18.8 Å². The van der Waals surface area contributed by atoms with E-state index in [1.54, 1.807) is 6.07 Å². The minimum atomic E-state index is -0.288. The molecule has 1 aromatic rings. The lowest BCUT2D eigenvalue weighted by Crippen LogP contribution is -2.06. The minimum Gasteiger partial charge on any atom is -0.449 e. The van der Waals surface area contributed by atoms with Crippen LogP contribution in [-0.2, 0) is 4.74 Å². The van der Waals surface area contributed by atoms with Crippen molar-refractivity contribution >= 4 is 5.97 Å². The molecule has 0 aliphatic carbocycles. The second kappa shape index (κ2) is 12.8. The first kappa shape index (κ1) is 19.3. The van der Waals surface area contributed by atoms with Gasteiger partial charge in [0.05, 0.1) is 5.56 Å². The van der Waals surface area contributed by atoms with Gasteiger partial charge in [-0.05, 0) is 25.0 Å². The first-order valence-electron chi connectivity index (χ1n) is 8.94. The maximum atomic E-state index is 11.9. The largest absolute Gasteiger partial charge is 0.449 e. The van der Waals surface area contributed by atoms with Gasteiger partial charge >= 0.3 is 5.97 Å². The van der Waals surface area contributed by atoms with Gasteiger partial charge < -0.3 is 4.74 Å². The van der Waals surface area contributed by atoms with Crippen molar-refractivity contribution in [1.29, 1.82) is 0 Å². The van der Waals surface area contributed by atoms with Gasteiger partial charge in [-0.25, -0.2) is 4.79 Å². The van der Waals surface area contributed by atoms with E-state index in [1.165, 1.54) is 44.9 Å². The molecule has 0 fully saturated rings. The Morgan fingerprint density at radius 3 is 2.30 bits per heavy atom. The normalized spacial score (nSPS) is 10.0. The van der Waals surface area contributed by atoms with Gasteiger partial charge in [-0.15, -0.1) is 0 Å².